The molecule has 1 heterocycles. The van der Waals surface area contributed by atoms with E-state index in [1.807, 2.05) is 49.4 Å². The lowest BCUT2D eigenvalue weighted by Gasteiger charge is -2.08. The number of carbonyl (C=O) groups is 1. The Labute approximate surface area is 162 Å². The molecule has 0 unspecified atom stereocenters. The lowest BCUT2D eigenvalue weighted by atomic mass is 10.1. The maximum atomic E-state index is 12.1. The van der Waals surface area contributed by atoms with E-state index in [0.717, 1.165) is 16.9 Å². The van der Waals surface area contributed by atoms with E-state index in [-0.39, 0.29) is 5.91 Å². The summed E-state index contributed by atoms with van der Waals surface area (Å²) in [5.41, 5.74) is 5.59. The van der Waals surface area contributed by atoms with Gasteiger partial charge in [-0.05, 0) is 60.5 Å². The minimum atomic E-state index is -0.289. The molecule has 0 radical (unpaired) electrons. The quantitative estimate of drug-likeness (QED) is 0.510. The predicted octanol–water partition coefficient (Wildman–Crippen LogP) is 4.39. The zero-order valence-electron chi connectivity index (χ0n) is 14.7. The second kappa shape index (κ2) is 8.96. The van der Waals surface area contributed by atoms with Crippen LogP contribution in [0.15, 0.2) is 72.0 Å². The first-order valence-corrected chi connectivity index (χ1v) is 8.72. The van der Waals surface area contributed by atoms with Crippen LogP contribution in [0.4, 0.5) is 0 Å². The van der Waals surface area contributed by atoms with Gasteiger partial charge in [0.1, 0.15) is 12.4 Å². The number of ether oxygens (including phenoxy) is 1. The van der Waals surface area contributed by atoms with Crippen molar-refractivity contribution in [3.05, 3.63) is 94.3 Å². The first kappa shape index (κ1) is 18.6. The van der Waals surface area contributed by atoms with Crippen LogP contribution in [-0.2, 0) is 6.61 Å². The summed E-state index contributed by atoms with van der Waals surface area (Å²) < 4.78 is 5.75. The van der Waals surface area contributed by atoms with E-state index in [1.165, 1.54) is 6.21 Å². The van der Waals surface area contributed by atoms with Crippen molar-refractivity contribution in [2.75, 3.05) is 0 Å². The zero-order chi connectivity index (χ0) is 19.1. The van der Waals surface area contributed by atoms with Gasteiger partial charge in [0.25, 0.3) is 5.91 Å². The molecule has 0 saturated heterocycles. The summed E-state index contributed by atoms with van der Waals surface area (Å²) in [6, 6.07) is 18.2. The predicted molar refractivity (Wildman–Crippen MR) is 106 cm³/mol. The van der Waals surface area contributed by atoms with Gasteiger partial charge >= 0.3 is 0 Å². The molecule has 0 spiro atoms. The third-order valence-corrected chi connectivity index (χ3v) is 4.23. The molecule has 0 bridgehead atoms. The number of nitrogens with one attached hydrogen (secondary N) is 1. The van der Waals surface area contributed by atoms with E-state index in [0.29, 0.717) is 22.9 Å². The summed E-state index contributed by atoms with van der Waals surface area (Å²) in [5, 5.41) is 4.62. The topological polar surface area (TPSA) is 63.6 Å². The molecule has 0 saturated carbocycles. The maximum absolute atomic E-state index is 12.1. The number of halogens is 1. The van der Waals surface area contributed by atoms with Gasteiger partial charge in [0.05, 0.1) is 11.9 Å². The molecule has 2 aromatic carbocycles. The van der Waals surface area contributed by atoms with Crippen LogP contribution < -0.4 is 10.2 Å². The SMILES string of the molecule is Cc1cc(OCc2ccc(C(=O)N/N=C\c3ccccn3)cc2)ccc1Cl. The van der Waals surface area contributed by atoms with Crippen LogP contribution in [0.1, 0.15) is 27.2 Å². The molecule has 1 N–H and O–H groups in total. The molecule has 0 aliphatic rings. The number of benzene rings is 2. The van der Waals surface area contributed by atoms with Crippen LogP contribution >= 0.6 is 11.6 Å². The van der Waals surface area contributed by atoms with Crippen molar-refractivity contribution in [1.29, 1.82) is 0 Å². The number of rotatable bonds is 6. The Morgan fingerprint density at radius 2 is 2.00 bits per heavy atom. The minimum Gasteiger partial charge on any atom is -0.489 e. The van der Waals surface area contributed by atoms with Crippen molar-refractivity contribution in [3.8, 4) is 5.75 Å². The van der Waals surface area contributed by atoms with Crippen LogP contribution in [-0.4, -0.2) is 17.1 Å². The van der Waals surface area contributed by atoms with E-state index >= 15 is 0 Å². The monoisotopic (exact) mass is 379 g/mol. The summed E-state index contributed by atoms with van der Waals surface area (Å²) in [5.74, 6) is 0.463. The van der Waals surface area contributed by atoms with Gasteiger partial charge in [0.2, 0.25) is 0 Å². The van der Waals surface area contributed by atoms with Crippen LogP contribution in [0, 0.1) is 6.92 Å². The second-order valence-corrected chi connectivity index (χ2v) is 6.26. The van der Waals surface area contributed by atoms with Gasteiger partial charge in [-0.15, -0.1) is 0 Å². The lowest BCUT2D eigenvalue weighted by molar-refractivity contribution is 0.0955. The highest BCUT2D eigenvalue weighted by Crippen LogP contribution is 2.21. The number of hydrogen-bond acceptors (Lipinski definition) is 4. The van der Waals surface area contributed by atoms with Crippen molar-refractivity contribution in [2.45, 2.75) is 13.5 Å². The fourth-order valence-corrected chi connectivity index (χ4v) is 2.42. The number of amides is 1. The summed E-state index contributed by atoms with van der Waals surface area (Å²) in [6.07, 6.45) is 3.16. The molecular weight excluding hydrogens is 362 g/mol. The molecule has 1 aromatic heterocycles. The van der Waals surface area contributed by atoms with Gasteiger partial charge in [0, 0.05) is 16.8 Å². The molecule has 3 aromatic rings. The van der Waals surface area contributed by atoms with Crippen LogP contribution in [0.3, 0.4) is 0 Å². The van der Waals surface area contributed by atoms with Crippen molar-refractivity contribution >= 4 is 23.7 Å². The number of hydrogen-bond donors (Lipinski definition) is 1. The van der Waals surface area contributed by atoms with Gasteiger partial charge < -0.3 is 4.74 Å². The highest BCUT2D eigenvalue weighted by Gasteiger charge is 2.05. The summed E-state index contributed by atoms with van der Waals surface area (Å²) >= 11 is 6.01. The third-order valence-electron chi connectivity index (χ3n) is 3.80. The van der Waals surface area contributed by atoms with Gasteiger partial charge in [0.15, 0.2) is 0 Å². The molecule has 27 heavy (non-hydrogen) atoms. The highest BCUT2D eigenvalue weighted by molar-refractivity contribution is 6.31. The zero-order valence-corrected chi connectivity index (χ0v) is 15.5. The van der Waals surface area contributed by atoms with Crippen molar-refractivity contribution in [3.63, 3.8) is 0 Å². The Kier molecular flexibility index (Phi) is 6.18. The Morgan fingerprint density at radius 1 is 1.19 bits per heavy atom. The molecule has 5 nitrogen and oxygen atoms in total. The largest absolute Gasteiger partial charge is 0.489 e. The van der Waals surface area contributed by atoms with E-state index in [4.69, 9.17) is 16.3 Å². The Morgan fingerprint density at radius 3 is 2.70 bits per heavy atom. The van der Waals surface area contributed by atoms with Crippen molar-refractivity contribution < 1.29 is 9.53 Å². The Hall–Kier alpha value is -3.18. The van der Waals surface area contributed by atoms with Gasteiger partial charge in [-0.3, -0.25) is 9.78 Å². The fraction of sp³-hybridized carbons (Fsp3) is 0.0952. The second-order valence-electron chi connectivity index (χ2n) is 5.85. The summed E-state index contributed by atoms with van der Waals surface area (Å²) in [7, 11) is 0. The number of aromatic nitrogens is 1. The standard InChI is InChI=1S/C21H18ClN3O2/c1-15-12-19(9-10-20(15)22)27-14-16-5-7-17(8-6-16)21(26)25-24-13-18-4-2-3-11-23-18/h2-13H,14H2,1H3,(H,25,26)/b24-13-. The van der Waals surface area contributed by atoms with Gasteiger partial charge in [-0.2, -0.15) is 5.10 Å². The van der Waals surface area contributed by atoms with E-state index in [2.05, 4.69) is 15.5 Å². The number of pyridine rings is 1. The van der Waals surface area contributed by atoms with Crippen molar-refractivity contribution in [2.24, 2.45) is 5.10 Å². The minimum absolute atomic E-state index is 0.289. The van der Waals surface area contributed by atoms with E-state index < -0.39 is 0 Å². The average Bonchev–Trinajstić information content (AvgIpc) is 2.70. The molecule has 0 fully saturated rings. The van der Waals surface area contributed by atoms with Crippen molar-refractivity contribution in [1.82, 2.24) is 10.4 Å². The molecule has 1 amide bonds. The summed E-state index contributed by atoms with van der Waals surface area (Å²) in [4.78, 5) is 16.2. The summed E-state index contributed by atoms with van der Waals surface area (Å²) in [6.45, 7) is 2.33. The lowest BCUT2D eigenvalue weighted by Crippen LogP contribution is -2.17. The normalized spacial score (nSPS) is 10.7. The maximum Gasteiger partial charge on any atom is 0.271 e. The molecule has 0 aliphatic carbocycles. The van der Waals surface area contributed by atoms with Gasteiger partial charge in [-0.25, -0.2) is 5.43 Å². The first-order valence-electron chi connectivity index (χ1n) is 8.34. The Balaban J connectivity index is 1.53. The van der Waals surface area contributed by atoms with Crippen LogP contribution in [0.25, 0.3) is 0 Å². The number of carbonyl (C=O) groups excluding carboxylic acids is 1. The van der Waals surface area contributed by atoms with Crippen LogP contribution in [0.5, 0.6) is 5.75 Å². The molecule has 0 aliphatic heterocycles. The first-order chi connectivity index (χ1) is 13.1. The number of nitrogens with zero attached hydrogens (tertiary/aromatic N) is 2. The molecule has 136 valence electrons. The fourth-order valence-electron chi connectivity index (χ4n) is 2.30. The van der Waals surface area contributed by atoms with E-state index in [1.54, 1.807) is 24.4 Å². The third kappa shape index (κ3) is 5.39. The number of aryl methyl sites for hydroxylation is 1. The Bertz CT molecular complexity index is 941. The average molecular weight is 380 g/mol. The van der Waals surface area contributed by atoms with Crippen LogP contribution in [0.2, 0.25) is 5.02 Å². The molecule has 6 heteroatoms. The smallest absolute Gasteiger partial charge is 0.271 e. The molecule has 3 rings (SSSR count). The molecular formula is C21H18ClN3O2. The van der Waals surface area contributed by atoms with Gasteiger partial charge in [-0.1, -0.05) is 29.8 Å². The molecule has 0 atom stereocenters. The highest BCUT2D eigenvalue weighted by atomic mass is 35.5. The van der Waals surface area contributed by atoms with E-state index in [9.17, 15) is 4.79 Å². The number of hydrazone groups is 1.